The summed E-state index contributed by atoms with van der Waals surface area (Å²) in [5.41, 5.74) is 0. The zero-order valence-electron chi connectivity index (χ0n) is 40.8. The van der Waals surface area contributed by atoms with Crippen LogP contribution in [-0.2, 0) is 28.6 Å². The van der Waals surface area contributed by atoms with Crippen LogP contribution in [0.3, 0.4) is 0 Å². The molecule has 0 aromatic heterocycles. The van der Waals surface area contributed by atoms with E-state index in [4.69, 9.17) is 14.2 Å². The molecule has 1 atom stereocenters. The quantitative estimate of drug-likeness (QED) is 0.0345. The van der Waals surface area contributed by atoms with Crippen LogP contribution in [0.5, 0.6) is 0 Å². The minimum Gasteiger partial charge on any atom is -0.462 e. The van der Waals surface area contributed by atoms with Crippen molar-refractivity contribution in [3.05, 3.63) is 0 Å². The van der Waals surface area contributed by atoms with E-state index >= 15 is 0 Å². The van der Waals surface area contributed by atoms with Gasteiger partial charge in [0.25, 0.3) is 0 Å². The minimum absolute atomic E-state index is 0.0616. The van der Waals surface area contributed by atoms with Gasteiger partial charge in [-0.3, -0.25) is 14.4 Å². The van der Waals surface area contributed by atoms with Gasteiger partial charge in [0, 0.05) is 19.3 Å². The normalized spacial score (nSPS) is 11.8. The van der Waals surface area contributed by atoms with Crippen LogP contribution in [-0.4, -0.2) is 37.2 Å². The molecule has 0 aliphatic heterocycles. The largest absolute Gasteiger partial charge is 0.462 e. The maximum atomic E-state index is 12.8. The summed E-state index contributed by atoms with van der Waals surface area (Å²) in [7, 11) is 0. The zero-order valence-corrected chi connectivity index (χ0v) is 40.8. The van der Waals surface area contributed by atoms with E-state index in [2.05, 4.69) is 20.8 Å². The molecule has 0 aliphatic carbocycles. The highest BCUT2D eigenvalue weighted by Crippen LogP contribution is 2.17. The summed E-state index contributed by atoms with van der Waals surface area (Å²) in [6, 6.07) is 0. The Morgan fingerprint density at radius 1 is 0.267 bits per heavy atom. The van der Waals surface area contributed by atoms with E-state index in [9.17, 15) is 14.4 Å². The maximum Gasteiger partial charge on any atom is 0.306 e. The number of ether oxygens (including phenoxy) is 3. The monoisotopic (exact) mass is 849 g/mol. The molecule has 0 aliphatic rings. The summed E-state index contributed by atoms with van der Waals surface area (Å²) in [5.74, 6) is -0.839. The van der Waals surface area contributed by atoms with Gasteiger partial charge in [-0.15, -0.1) is 0 Å². The van der Waals surface area contributed by atoms with Gasteiger partial charge in [0.1, 0.15) is 13.2 Å². The van der Waals surface area contributed by atoms with Gasteiger partial charge in [-0.1, -0.05) is 271 Å². The Hall–Kier alpha value is -1.59. The molecular formula is C54H104O6. The first kappa shape index (κ1) is 58.4. The fraction of sp³-hybridized carbons (Fsp3) is 0.944. The second-order valence-electron chi connectivity index (χ2n) is 18.5. The number of hydrogen-bond donors (Lipinski definition) is 0. The summed E-state index contributed by atoms with van der Waals surface area (Å²) in [6.07, 6.45) is 53.7. The van der Waals surface area contributed by atoms with Crippen LogP contribution in [0, 0.1) is 0 Å². The standard InChI is InChI=1S/C54H104O6/c1-4-7-10-13-16-19-22-25-26-27-28-29-30-33-35-38-41-44-47-53(56)59-50-51(60-54(57)48-45-42-39-36-32-24-21-18-15-12-9-6-3)49-58-52(55)46-43-40-37-34-31-23-20-17-14-11-8-5-2/h51H,4-50H2,1-3H3. The Bertz CT molecular complexity index is 889. The van der Waals surface area contributed by atoms with Crippen LogP contribution in [0.2, 0.25) is 0 Å². The van der Waals surface area contributed by atoms with Crippen LogP contribution < -0.4 is 0 Å². The minimum atomic E-state index is -0.759. The number of unbranched alkanes of at least 4 members (excludes halogenated alkanes) is 39. The zero-order chi connectivity index (χ0) is 43.7. The fourth-order valence-corrected chi connectivity index (χ4v) is 8.27. The van der Waals surface area contributed by atoms with E-state index in [0.29, 0.717) is 19.3 Å². The predicted octanol–water partition coefficient (Wildman–Crippen LogP) is 17.6. The molecule has 0 N–H and O–H groups in total. The number of rotatable bonds is 50. The second kappa shape index (κ2) is 50.1. The molecule has 0 saturated heterocycles. The lowest BCUT2D eigenvalue weighted by Crippen LogP contribution is -2.30. The van der Waals surface area contributed by atoms with E-state index in [0.717, 1.165) is 57.8 Å². The molecule has 60 heavy (non-hydrogen) atoms. The number of esters is 3. The Balaban J connectivity index is 4.25. The Morgan fingerprint density at radius 3 is 0.667 bits per heavy atom. The van der Waals surface area contributed by atoms with Crippen LogP contribution in [0.15, 0.2) is 0 Å². The van der Waals surface area contributed by atoms with Gasteiger partial charge in [0.05, 0.1) is 0 Å². The maximum absolute atomic E-state index is 12.8. The lowest BCUT2D eigenvalue weighted by molar-refractivity contribution is -0.167. The molecule has 1 unspecified atom stereocenters. The van der Waals surface area contributed by atoms with Crippen molar-refractivity contribution in [2.45, 2.75) is 316 Å². The molecule has 0 amide bonds. The van der Waals surface area contributed by atoms with Crippen molar-refractivity contribution < 1.29 is 28.6 Å². The van der Waals surface area contributed by atoms with Crippen LogP contribution in [0.1, 0.15) is 310 Å². The topological polar surface area (TPSA) is 78.9 Å². The fourth-order valence-electron chi connectivity index (χ4n) is 8.27. The molecule has 0 spiro atoms. The van der Waals surface area contributed by atoms with Crippen molar-refractivity contribution in [3.8, 4) is 0 Å². The molecular weight excluding hydrogens is 745 g/mol. The molecule has 0 bridgehead atoms. The first-order valence-electron chi connectivity index (χ1n) is 27.0. The summed E-state index contributed by atoms with van der Waals surface area (Å²) in [6.45, 7) is 6.68. The molecule has 0 fully saturated rings. The van der Waals surface area contributed by atoms with E-state index < -0.39 is 6.10 Å². The van der Waals surface area contributed by atoms with E-state index in [1.807, 2.05) is 0 Å². The third-order valence-corrected chi connectivity index (χ3v) is 12.4. The molecule has 6 heteroatoms. The van der Waals surface area contributed by atoms with Gasteiger partial charge in [0.15, 0.2) is 6.10 Å². The molecule has 0 aromatic carbocycles. The molecule has 0 heterocycles. The number of carbonyl (C=O) groups is 3. The predicted molar refractivity (Wildman–Crippen MR) is 257 cm³/mol. The first-order valence-corrected chi connectivity index (χ1v) is 27.0. The van der Waals surface area contributed by atoms with Gasteiger partial charge >= 0.3 is 17.9 Å². The highest BCUT2D eigenvalue weighted by molar-refractivity contribution is 5.71. The third kappa shape index (κ3) is 47.5. The van der Waals surface area contributed by atoms with E-state index in [1.165, 1.54) is 212 Å². The van der Waals surface area contributed by atoms with Crippen molar-refractivity contribution in [2.24, 2.45) is 0 Å². The number of hydrogen-bond acceptors (Lipinski definition) is 6. The Labute approximate surface area is 374 Å². The smallest absolute Gasteiger partial charge is 0.306 e. The highest BCUT2D eigenvalue weighted by atomic mass is 16.6. The van der Waals surface area contributed by atoms with E-state index in [-0.39, 0.29) is 31.1 Å². The average molecular weight is 849 g/mol. The molecule has 0 saturated carbocycles. The molecule has 0 rings (SSSR count). The average Bonchev–Trinajstić information content (AvgIpc) is 3.24. The lowest BCUT2D eigenvalue weighted by atomic mass is 10.0. The van der Waals surface area contributed by atoms with Gasteiger partial charge < -0.3 is 14.2 Å². The van der Waals surface area contributed by atoms with Gasteiger partial charge in [-0.2, -0.15) is 0 Å². The van der Waals surface area contributed by atoms with Crippen molar-refractivity contribution in [1.29, 1.82) is 0 Å². The summed E-state index contributed by atoms with van der Waals surface area (Å²) >= 11 is 0. The molecule has 0 aromatic rings. The highest BCUT2D eigenvalue weighted by Gasteiger charge is 2.19. The third-order valence-electron chi connectivity index (χ3n) is 12.4. The van der Waals surface area contributed by atoms with Crippen LogP contribution in [0.4, 0.5) is 0 Å². The van der Waals surface area contributed by atoms with Crippen LogP contribution >= 0.6 is 0 Å². The van der Waals surface area contributed by atoms with Crippen molar-refractivity contribution in [2.75, 3.05) is 13.2 Å². The van der Waals surface area contributed by atoms with Gasteiger partial charge in [-0.05, 0) is 19.3 Å². The molecule has 0 radical (unpaired) electrons. The van der Waals surface area contributed by atoms with Gasteiger partial charge in [-0.25, -0.2) is 0 Å². The van der Waals surface area contributed by atoms with Gasteiger partial charge in [0.2, 0.25) is 0 Å². The summed E-state index contributed by atoms with van der Waals surface area (Å²) in [5, 5.41) is 0. The number of carbonyl (C=O) groups excluding carboxylic acids is 3. The second-order valence-corrected chi connectivity index (χ2v) is 18.5. The van der Waals surface area contributed by atoms with Crippen molar-refractivity contribution >= 4 is 17.9 Å². The Morgan fingerprint density at radius 2 is 0.450 bits per heavy atom. The summed E-state index contributed by atoms with van der Waals surface area (Å²) in [4.78, 5) is 38.0. The summed E-state index contributed by atoms with van der Waals surface area (Å²) < 4.78 is 16.8. The molecule has 356 valence electrons. The SMILES string of the molecule is CCCCCCCCCCCCCCCCCCCCC(=O)OCC(COC(=O)CCCCCCCCCCCCCC)OC(=O)CCCCCCCCCCCCCC. The van der Waals surface area contributed by atoms with Crippen LogP contribution in [0.25, 0.3) is 0 Å². The molecule has 6 nitrogen and oxygen atoms in total. The van der Waals surface area contributed by atoms with Crippen molar-refractivity contribution in [3.63, 3.8) is 0 Å². The Kier molecular flexibility index (Phi) is 48.7. The van der Waals surface area contributed by atoms with E-state index in [1.54, 1.807) is 0 Å². The lowest BCUT2D eigenvalue weighted by Gasteiger charge is -2.18. The first-order chi connectivity index (χ1) is 29.5. The van der Waals surface area contributed by atoms with Crippen molar-refractivity contribution in [1.82, 2.24) is 0 Å².